The van der Waals surface area contributed by atoms with E-state index >= 15 is 0 Å². The van der Waals surface area contributed by atoms with Gasteiger partial charge in [-0.1, -0.05) is 18.2 Å². The van der Waals surface area contributed by atoms with Crippen molar-refractivity contribution < 1.29 is 8.42 Å². The summed E-state index contributed by atoms with van der Waals surface area (Å²) < 4.78 is 23.6. The van der Waals surface area contributed by atoms with E-state index in [9.17, 15) is 8.42 Å². The third kappa shape index (κ3) is 3.96. The lowest BCUT2D eigenvalue weighted by molar-refractivity contribution is 0.600. The number of H-pyrrole nitrogens is 1. The molecular weight excluding hydrogens is 374 g/mol. The summed E-state index contributed by atoms with van der Waals surface area (Å²) in [7, 11) is -1.02. The fourth-order valence-corrected chi connectivity index (χ4v) is 5.50. The lowest BCUT2D eigenvalue weighted by Crippen LogP contribution is -2.33. The molecular formula is C20H25N5O2S. The molecule has 0 saturated carbocycles. The van der Waals surface area contributed by atoms with E-state index in [-0.39, 0.29) is 17.5 Å². The van der Waals surface area contributed by atoms with Crippen molar-refractivity contribution in [3.05, 3.63) is 47.8 Å². The third-order valence-electron chi connectivity index (χ3n) is 5.31. The Morgan fingerprint density at radius 3 is 2.89 bits per heavy atom. The summed E-state index contributed by atoms with van der Waals surface area (Å²) in [5.74, 6) is 1.77. The molecule has 0 spiro atoms. The average molecular weight is 400 g/mol. The molecule has 0 radical (unpaired) electrons. The number of para-hydroxylation sites is 1. The average Bonchev–Trinajstić information content (AvgIpc) is 3.24. The highest BCUT2D eigenvalue weighted by atomic mass is 32.2. The number of aromatic nitrogens is 3. The van der Waals surface area contributed by atoms with Gasteiger partial charge in [0.2, 0.25) is 5.95 Å². The van der Waals surface area contributed by atoms with E-state index in [0.29, 0.717) is 18.9 Å². The van der Waals surface area contributed by atoms with Crippen molar-refractivity contribution in [1.29, 1.82) is 0 Å². The fraction of sp³-hybridized carbons (Fsp3) is 0.400. The summed E-state index contributed by atoms with van der Waals surface area (Å²) in [4.78, 5) is 14.3. The van der Waals surface area contributed by atoms with Gasteiger partial charge in [0.1, 0.15) is 5.82 Å². The van der Waals surface area contributed by atoms with Gasteiger partial charge in [-0.3, -0.25) is 0 Å². The second kappa shape index (κ2) is 7.43. The predicted molar refractivity (Wildman–Crippen MR) is 113 cm³/mol. The highest BCUT2D eigenvalue weighted by Gasteiger charge is 2.31. The number of fused-ring (bicyclic) bond motifs is 1. The zero-order valence-electron chi connectivity index (χ0n) is 16.1. The van der Waals surface area contributed by atoms with Gasteiger partial charge in [0, 0.05) is 48.5 Å². The van der Waals surface area contributed by atoms with Gasteiger partial charge in [-0.25, -0.2) is 13.4 Å². The Morgan fingerprint density at radius 1 is 1.29 bits per heavy atom. The molecule has 1 unspecified atom stereocenters. The molecule has 7 nitrogen and oxygen atoms in total. The maximum Gasteiger partial charge on any atom is 0.224 e. The van der Waals surface area contributed by atoms with E-state index < -0.39 is 9.84 Å². The molecule has 3 aromatic rings. The Hall–Kier alpha value is -2.61. The predicted octanol–water partition coefficient (Wildman–Crippen LogP) is 2.54. The van der Waals surface area contributed by atoms with Crippen molar-refractivity contribution >= 4 is 32.5 Å². The molecule has 2 N–H and O–H groups in total. The number of nitrogens with zero attached hydrogens (tertiary/aromatic N) is 3. The van der Waals surface area contributed by atoms with Crippen LogP contribution in [0.15, 0.2) is 36.5 Å². The number of aromatic amines is 1. The van der Waals surface area contributed by atoms with Gasteiger partial charge >= 0.3 is 0 Å². The van der Waals surface area contributed by atoms with Gasteiger partial charge in [0.15, 0.2) is 9.84 Å². The molecule has 0 bridgehead atoms. The number of rotatable bonds is 6. The number of hydrogen-bond donors (Lipinski definition) is 2. The smallest absolute Gasteiger partial charge is 0.224 e. The Balaban J connectivity index is 1.44. The summed E-state index contributed by atoms with van der Waals surface area (Å²) in [6.45, 7) is 2.64. The first kappa shape index (κ1) is 18.7. The number of aryl methyl sites for hydroxylation is 1. The van der Waals surface area contributed by atoms with Gasteiger partial charge in [-0.2, -0.15) is 4.98 Å². The highest BCUT2D eigenvalue weighted by Crippen LogP contribution is 2.23. The number of hydrogen-bond acceptors (Lipinski definition) is 6. The molecule has 0 aliphatic carbocycles. The third-order valence-corrected chi connectivity index (χ3v) is 7.06. The Bertz CT molecular complexity index is 1090. The first-order valence-corrected chi connectivity index (χ1v) is 11.3. The minimum Gasteiger partial charge on any atom is -0.361 e. The maximum absolute atomic E-state index is 11.8. The molecule has 1 aromatic carbocycles. The van der Waals surface area contributed by atoms with E-state index in [1.807, 2.05) is 43.3 Å². The Kier molecular flexibility index (Phi) is 4.97. The summed E-state index contributed by atoms with van der Waals surface area (Å²) in [6, 6.07) is 10.1. The van der Waals surface area contributed by atoms with Crippen LogP contribution >= 0.6 is 0 Å². The lowest BCUT2D eigenvalue weighted by Gasteiger charge is -2.25. The molecule has 1 saturated heterocycles. The van der Waals surface area contributed by atoms with Crippen LogP contribution in [0.5, 0.6) is 0 Å². The van der Waals surface area contributed by atoms with Gasteiger partial charge in [0.05, 0.1) is 11.5 Å². The van der Waals surface area contributed by atoms with E-state index in [1.165, 1.54) is 10.9 Å². The van der Waals surface area contributed by atoms with Gasteiger partial charge in [-0.15, -0.1) is 0 Å². The SMILES string of the molecule is Cc1cc(N(C)C2CCS(=O)(=O)C2)nc(NCCc2c[nH]c3ccccc23)n1. The molecule has 0 amide bonds. The monoisotopic (exact) mass is 399 g/mol. The lowest BCUT2D eigenvalue weighted by atomic mass is 10.1. The standard InChI is InChI=1S/C20H25N5O2S/c1-14-11-19(25(2)16-8-10-28(26,27)13-16)24-20(23-14)21-9-7-15-12-22-18-6-4-3-5-17(15)18/h3-6,11-12,16,22H,7-10,13H2,1-2H3,(H,21,23,24). The summed E-state index contributed by atoms with van der Waals surface area (Å²) in [5, 5.41) is 4.54. The summed E-state index contributed by atoms with van der Waals surface area (Å²) in [6.07, 6.45) is 3.54. The molecule has 1 aliphatic rings. The molecule has 1 aliphatic heterocycles. The zero-order valence-corrected chi connectivity index (χ0v) is 17.0. The van der Waals surface area contributed by atoms with Crippen LogP contribution < -0.4 is 10.2 Å². The van der Waals surface area contributed by atoms with Crippen molar-refractivity contribution in [2.45, 2.75) is 25.8 Å². The van der Waals surface area contributed by atoms with E-state index in [1.54, 1.807) is 0 Å². The van der Waals surface area contributed by atoms with Crippen LogP contribution in [-0.4, -0.2) is 54.5 Å². The fourth-order valence-electron chi connectivity index (χ4n) is 3.73. The zero-order chi connectivity index (χ0) is 19.7. The summed E-state index contributed by atoms with van der Waals surface area (Å²) >= 11 is 0. The molecule has 4 rings (SSSR count). The van der Waals surface area contributed by atoms with Gasteiger partial charge in [-0.05, 0) is 31.4 Å². The van der Waals surface area contributed by atoms with Crippen LogP contribution in [0.1, 0.15) is 17.7 Å². The van der Waals surface area contributed by atoms with Crippen molar-refractivity contribution in [3.8, 4) is 0 Å². The van der Waals surface area contributed by atoms with Crippen LogP contribution in [0.2, 0.25) is 0 Å². The minimum atomic E-state index is -2.93. The normalized spacial score (nSPS) is 18.4. The van der Waals surface area contributed by atoms with Crippen LogP contribution in [0.3, 0.4) is 0 Å². The van der Waals surface area contributed by atoms with Crippen LogP contribution in [0.25, 0.3) is 10.9 Å². The summed E-state index contributed by atoms with van der Waals surface area (Å²) in [5.41, 5.74) is 3.25. The van der Waals surface area contributed by atoms with Crippen molar-refractivity contribution in [3.63, 3.8) is 0 Å². The van der Waals surface area contributed by atoms with E-state index in [4.69, 9.17) is 0 Å². The van der Waals surface area contributed by atoms with Crippen molar-refractivity contribution in [2.75, 3.05) is 35.3 Å². The molecule has 28 heavy (non-hydrogen) atoms. The van der Waals surface area contributed by atoms with Crippen molar-refractivity contribution in [1.82, 2.24) is 15.0 Å². The largest absolute Gasteiger partial charge is 0.361 e. The molecule has 1 atom stereocenters. The second-order valence-electron chi connectivity index (χ2n) is 7.40. The molecule has 8 heteroatoms. The number of sulfone groups is 1. The molecule has 3 heterocycles. The van der Waals surface area contributed by atoms with E-state index in [2.05, 4.69) is 32.4 Å². The molecule has 148 valence electrons. The van der Waals surface area contributed by atoms with Crippen LogP contribution in [0, 0.1) is 6.92 Å². The number of nitrogens with one attached hydrogen (secondary N) is 2. The number of benzene rings is 1. The quantitative estimate of drug-likeness (QED) is 0.662. The van der Waals surface area contributed by atoms with Gasteiger partial charge in [0.25, 0.3) is 0 Å². The first-order chi connectivity index (χ1) is 13.4. The Labute approximate surface area is 165 Å². The van der Waals surface area contributed by atoms with E-state index in [0.717, 1.165) is 23.4 Å². The number of anilines is 2. The van der Waals surface area contributed by atoms with Gasteiger partial charge < -0.3 is 15.2 Å². The Morgan fingerprint density at radius 2 is 2.11 bits per heavy atom. The molecule has 2 aromatic heterocycles. The van der Waals surface area contributed by atoms with Crippen molar-refractivity contribution in [2.24, 2.45) is 0 Å². The topological polar surface area (TPSA) is 91.0 Å². The minimum absolute atomic E-state index is 0.0293. The maximum atomic E-state index is 11.8. The molecule has 1 fully saturated rings. The second-order valence-corrected chi connectivity index (χ2v) is 9.62. The highest BCUT2D eigenvalue weighted by molar-refractivity contribution is 7.91. The van der Waals surface area contributed by atoms with Crippen LogP contribution in [0.4, 0.5) is 11.8 Å². The first-order valence-electron chi connectivity index (χ1n) is 9.49. The van der Waals surface area contributed by atoms with Crippen LogP contribution in [-0.2, 0) is 16.3 Å².